The molecule has 1 saturated carbocycles. The van der Waals surface area contributed by atoms with Gasteiger partial charge in [-0.1, -0.05) is 60.7 Å². The molecule has 2 aliphatic rings. The number of ether oxygens (including phenoxy) is 2. The highest BCUT2D eigenvalue weighted by Gasteiger charge is 2.60. The lowest BCUT2D eigenvalue weighted by Crippen LogP contribution is -2.55. The monoisotopic (exact) mass is 482 g/mol. The number of benzene rings is 3. The fourth-order valence-electron chi connectivity index (χ4n) is 5.77. The SMILES string of the molecule is COc1ccc(OC(F)(F)F)cc1CC1C(C(c2ccccc2)c2ccccc2)NCC2(N)CC12. The van der Waals surface area contributed by atoms with Gasteiger partial charge in [0.2, 0.25) is 0 Å². The van der Waals surface area contributed by atoms with Crippen LogP contribution in [0.3, 0.4) is 0 Å². The highest BCUT2D eigenvalue weighted by molar-refractivity contribution is 5.42. The van der Waals surface area contributed by atoms with Crippen molar-refractivity contribution in [1.29, 1.82) is 0 Å². The average molecular weight is 483 g/mol. The second-order valence-electron chi connectivity index (χ2n) is 9.64. The molecule has 1 saturated heterocycles. The van der Waals surface area contributed by atoms with Gasteiger partial charge in [-0.25, -0.2) is 0 Å². The maximum atomic E-state index is 12.9. The topological polar surface area (TPSA) is 56.5 Å². The molecule has 2 fully saturated rings. The zero-order valence-electron chi connectivity index (χ0n) is 19.5. The summed E-state index contributed by atoms with van der Waals surface area (Å²) in [6, 6.07) is 25.0. The fourth-order valence-corrected chi connectivity index (χ4v) is 5.77. The number of hydrogen-bond donors (Lipinski definition) is 2. The molecule has 1 aliphatic heterocycles. The largest absolute Gasteiger partial charge is 0.573 e. The van der Waals surface area contributed by atoms with Gasteiger partial charge in [0.15, 0.2) is 0 Å². The lowest BCUT2D eigenvalue weighted by molar-refractivity contribution is -0.274. The number of nitrogens with two attached hydrogens (primary N) is 1. The second-order valence-corrected chi connectivity index (χ2v) is 9.64. The third-order valence-electron chi connectivity index (χ3n) is 7.44. The van der Waals surface area contributed by atoms with E-state index in [4.69, 9.17) is 10.5 Å². The Hall–Kier alpha value is -3.03. The number of hydrogen-bond acceptors (Lipinski definition) is 4. The lowest BCUT2D eigenvalue weighted by atomic mass is 9.73. The maximum absolute atomic E-state index is 12.9. The maximum Gasteiger partial charge on any atom is 0.573 e. The van der Waals surface area contributed by atoms with Crippen LogP contribution in [0.15, 0.2) is 78.9 Å². The molecular weight excluding hydrogens is 453 g/mol. The van der Waals surface area contributed by atoms with E-state index in [0.717, 1.165) is 6.42 Å². The molecule has 0 aromatic heterocycles. The van der Waals surface area contributed by atoms with Gasteiger partial charge in [-0.3, -0.25) is 0 Å². The molecule has 7 heteroatoms. The Labute approximate surface area is 203 Å². The number of halogens is 3. The number of fused-ring (bicyclic) bond motifs is 1. The predicted molar refractivity (Wildman–Crippen MR) is 128 cm³/mol. The van der Waals surface area contributed by atoms with Crippen molar-refractivity contribution in [1.82, 2.24) is 5.32 Å². The molecule has 5 rings (SSSR count). The van der Waals surface area contributed by atoms with Crippen LogP contribution in [0.1, 0.15) is 29.0 Å². The van der Waals surface area contributed by atoms with Crippen LogP contribution in [0.5, 0.6) is 11.5 Å². The average Bonchev–Trinajstić information content (AvgIpc) is 3.53. The summed E-state index contributed by atoms with van der Waals surface area (Å²) in [5, 5.41) is 3.73. The van der Waals surface area contributed by atoms with Crippen LogP contribution in [-0.2, 0) is 6.42 Å². The molecule has 0 amide bonds. The zero-order valence-corrected chi connectivity index (χ0v) is 19.5. The number of alkyl halides is 3. The van der Waals surface area contributed by atoms with Gasteiger partial charge >= 0.3 is 6.36 Å². The minimum absolute atomic E-state index is 0.0425. The first kappa shape index (κ1) is 23.7. The molecule has 1 aliphatic carbocycles. The fraction of sp³-hybridized carbons (Fsp3) is 0.357. The molecule has 4 atom stereocenters. The van der Waals surface area contributed by atoms with Gasteiger partial charge in [-0.2, -0.15) is 0 Å². The molecular formula is C28H29F3N2O2. The lowest BCUT2D eigenvalue weighted by Gasteiger charge is -2.41. The summed E-state index contributed by atoms with van der Waals surface area (Å²) in [5.74, 6) is 0.720. The van der Waals surface area contributed by atoms with Crippen molar-refractivity contribution in [3.05, 3.63) is 95.6 Å². The second kappa shape index (κ2) is 9.21. The van der Waals surface area contributed by atoms with Crippen LogP contribution < -0.4 is 20.5 Å². The van der Waals surface area contributed by atoms with E-state index in [1.54, 1.807) is 0 Å². The molecule has 3 N–H and O–H groups in total. The molecule has 3 aromatic carbocycles. The van der Waals surface area contributed by atoms with Gasteiger partial charge in [-0.05, 0) is 59.6 Å². The van der Waals surface area contributed by atoms with E-state index in [-0.39, 0.29) is 35.1 Å². The molecule has 4 unspecified atom stereocenters. The van der Waals surface area contributed by atoms with Crippen LogP contribution >= 0.6 is 0 Å². The molecule has 35 heavy (non-hydrogen) atoms. The first-order valence-electron chi connectivity index (χ1n) is 11.8. The van der Waals surface area contributed by atoms with E-state index in [9.17, 15) is 13.2 Å². The normalized spacial score (nSPS) is 25.7. The third kappa shape index (κ3) is 5.02. The first-order chi connectivity index (χ1) is 16.8. The smallest absolute Gasteiger partial charge is 0.496 e. The molecule has 0 radical (unpaired) electrons. The van der Waals surface area contributed by atoms with Gasteiger partial charge in [-0.15, -0.1) is 13.2 Å². The number of nitrogens with one attached hydrogen (secondary N) is 1. The summed E-state index contributed by atoms with van der Waals surface area (Å²) in [5.41, 5.74) is 9.42. The van der Waals surface area contributed by atoms with E-state index in [2.05, 4.69) is 34.3 Å². The minimum Gasteiger partial charge on any atom is -0.496 e. The van der Waals surface area contributed by atoms with Crippen molar-refractivity contribution < 1.29 is 22.6 Å². The predicted octanol–water partition coefficient (Wildman–Crippen LogP) is 5.27. The van der Waals surface area contributed by atoms with E-state index in [1.165, 1.54) is 36.4 Å². The van der Waals surface area contributed by atoms with Crippen LogP contribution in [0.4, 0.5) is 13.2 Å². The number of piperidine rings is 1. The summed E-state index contributed by atoms with van der Waals surface area (Å²) >= 11 is 0. The summed E-state index contributed by atoms with van der Waals surface area (Å²) < 4.78 is 48.4. The van der Waals surface area contributed by atoms with Gasteiger partial charge in [0.1, 0.15) is 11.5 Å². The molecule has 4 nitrogen and oxygen atoms in total. The van der Waals surface area contributed by atoms with Crippen molar-refractivity contribution in [2.45, 2.75) is 36.7 Å². The molecule has 3 aromatic rings. The summed E-state index contributed by atoms with van der Waals surface area (Å²) in [4.78, 5) is 0. The standard InChI is InChI=1S/C28H29F3N2O2/c1-34-24-13-12-21(35-28(29,30)31)14-20(24)15-22-23-16-27(23,32)17-33-26(22)25(18-8-4-2-5-9-18)19-10-6-3-7-11-19/h2-14,22-23,25-26,33H,15-17,32H2,1H3. The van der Waals surface area contributed by atoms with Crippen molar-refractivity contribution in [2.75, 3.05) is 13.7 Å². The number of methoxy groups -OCH3 is 1. The Morgan fingerprint density at radius 2 is 1.63 bits per heavy atom. The summed E-state index contributed by atoms with van der Waals surface area (Å²) in [6.07, 6.45) is -3.34. The van der Waals surface area contributed by atoms with E-state index in [0.29, 0.717) is 24.3 Å². The van der Waals surface area contributed by atoms with Crippen molar-refractivity contribution in [3.8, 4) is 11.5 Å². The quantitative estimate of drug-likeness (QED) is 0.482. The molecule has 1 heterocycles. The molecule has 0 spiro atoms. The van der Waals surface area contributed by atoms with E-state index < -0.39 is 6.36 Å². The Bertz CT molecular complexity index is 1120. The van der Waals surface area contributed by atoms with Gasteiger partial charge in [0.25, 0.3) is 0 Å². The van der Waals surface area contributed by atoms with E-state index >= 15 is 0 Å². The van der Waals surface area contributed by atoms with Gasteiger partial charge < -0.3 is 20.5 Å². The van der Waals surface area contributed by atoms with E-state index in [1.807, 2.05) is 36.4 Å². The van der Waals surface area contributed by atoms with Gasteiger partial charge in [0, 0.05) is 24.0 Å². The van der Waals surface area contributed by atoms with Crippen LogP contribution in [0.2, 0.25) is 0 Å². The van der Waals surface area contributed by atoms with Crippen molar-refractivity contribution >= 4 is 0 Å². The van der Waals surface area contributed by atoms with Crippen molar-refractivity contribution in [3.63, 3.8) is 0 Å². The summed E-state index contributed by atoms with van der Waals surface area (Å²) in [6.45, 7) is 0.712. The Balaban J connectivity index is 1.53. The molecule has 0 bridgehead atoms. The van der Waals surface area contributed by atoms with Crippen LogP contribution in [0.25, 0.3) is 0 Å². The first-order valence-corrected chi connectivity index (χ1v) is 11.8. The highest BCUT2D eigenvalue weighted by atomic mass is 19.4. The van der Waals surface area contributed by atoms with Crippen LogP contribution in [0, 0.1) is 11.8 Å². The summed E-state index contributed by atoms with van der Waals surface area (Å²) in [7, 11) is 1.53. The zero-order chi connectivity index (χ0) is 24.6. The van der Waals surface area contributed by atoms with Crippen LogP contribution in [-0.4, -0.2) is 31.6 Å². The van der Waals surface area contributed by atoms with Gasteiger partial charge in [0.05, 0.1) is 7.11 Å². The molecule has 184 valence electrons. The minimum atomic E-state index is -4.75. The highest BCUT2D eigenvalue weighted by Crippen LogP contribution is 2.54. The Kier molecular flexibility index (Phi) is 6.23. The van der Waals surface area contributed by atoms with Crippen molar-refractivity contribution in [2.24, 2.45) is 17.6 Å². The third-order valence-corrected chi connectivity index (χ3v) is 7.44. The Morgan fingerprint density at radius 3 is 2.20 bits per heavy atom. The Morgan fingerprint density at radius 1 is 1.00 bits per heavy atom. The number of rotatable bonds is 7.